The normalized spacial score (nSPS) is 11.2. The molecule has 0 fully saturated rings. The molecular formula is C24H31N5O6S. The average Bonchev–Trinajstić information content (AvgIpc) is 3.16. The molecule has 194 valence electrons. The number of imidazole rings is 1. The molecule has 0 spiro atoms. The summed E-state index contributed by atoms with van der Waals surface area (Å²) in [5, 5.41) is 0. The molecule has 0 amide bonds. The van der Waals surface area contributed by atoms with E-state index in [0.29, 0.717) is 48.5 Å². The summed E-state index contributed by atoms with van der Waals surface area (Å²) in [7, 11) is 1.58. The average molecular weight is 518 g/mol. The van der Waals surface area contributed by atoms with Crippen molar-refractivity contribution in [2.75, 3.05) is 52.5 Å². The lowest BCUT2D eigenvalue weighted by Crippen LogP contribution is -2.14. The minimum Gasteiger partial charge on any atom is -0.461 e. The number of aryl methyl sites for hydroxylation is 1. The number of nitrogens with one attached hydrogen (secondary N) is 1. The van der Waals surface area contributed by atoms with Crippen molar-refractivity contribution in [1.29, 1.82) is 0 Å². The third kappa shape index (κ3) is 8.19. The second-order valence-electron chi connectivity index (χ2n) is 8.11. The molecule has 0 radical (unpaired) electrons. The molecule has 36 heavy (non-hydrogen) atoms. The first kappa shape index (κ1) is 27.4. The number of H-pyrrole nitrogens is 1. The van der Waals surface area contributed by atoms with Gasteiger partial charge < -0.3 is 29.7 Å². The molecule has 0 bridgehead atoms. The van der Waals surface area contributed by atoms with E-state index in [1.165, 1.54) is 6.92 Å². The van der Waals surface area contributed by atoms with Gasteiger partial charge in [0.25, 0.3) is 0 Å². The van der Waals surface area contributed by atoms with Gasteiger partial charge in [-0.3, -0.25) is 14.2 Å². The monoisotopic (exact) mass is 517 g/mol. The molecule has 3 rings (SSSR count). The van der Waals surface area contributed by atoms with Gasteiger partial charge in [0.15, 0.2) is 27.8 Å². The first-order valence-corrected chi connectivity index (χ1v) is 11.9. The van der Waals surface area contributed by atoms with Crippen LogP contribution >= 0.6 is 12.2 Å². The second kappa shape index (κ2) is 13.8. The summed E-state index contributed by atoms with van der Waals surface area (Å²) in [6.07, 6.45) is 0.991. The van der Waals surface area contributed by atoms with Gasteiger partial charge in [-0.15, -0.1) is 0 Å². The zero-order valence-corrected chi connectivity index (χ0v) is 21.3. The number of aromatic nitrogens is 4. The van der Waals surface area contributed by atoms with Gasteiger partial charge in [0.2, 0.25) is 0 Å². The van der Waals surface area contributed by atoms with E-state index in [9.17, 15) is 9.59 Å². The van der Waals surface area contributed by atoms with Gasteiger partial charge in [0, 0.05) is 13.5 Å². The highest BCUT2D eigenvalue weighted by molar-refractivity contribution is 7.71. The van der Waals surface area contributed by atoms with Gasteiger partial charge in [0.05, 0.1) is 26.4 Å². The largest absolute Gasteiger partial charge is 0.461 e. The molecule has 0 aliphatic carbocycles. The van der Waals surface area contributed by atoms with Gasteiger partial charge in [0.1, 0.15) is 25.3 Å². The Labute approximate surface area is 213 Å². The molecular weight excluding hydrogens is 486 g/mol. The lowest BCUT2D eigenvalue weighted by Gasteiger charge is -2.08. The van der Waals surface area contributed by atoms with E-state index in [0.717, 1.165) is 11.1 Å². The molecule has 0 unspecified atom stereocenters. The van der Waals surface area contributed by atoms with E-state index in [2.05, 4.69) is 15.0 Å². The maximum atomic E-state index is 12.1. The fraction of sp³-hybridized carbons (Fsp3) is 0.458. The fourth-order valence-electron chi connectivity index (χ4n) is 3.33. The van der Waals surface area contributed by atoms with Gasteiger partial charge in [-0.2, -0.15) is 9.97 Å². The zero-order chi connectivity index (χ0) is 25.9. The van der Waals surface area contributed by atoms with Crippen LogP contribution in [0.25, 0.3) is 11.2 Å². The SMILES string of the molecule is COCCOc1nc(N)c2[nH]c(=S)n(Cc3ccc(CCC(=O)COCCOCC(C)=O)cc3)c2n1. The zero-order valence-electron chi connectivity index (χ0n) is 20.5. The van der Waals surface area contributed by atoms with Crippen molar-refractivity contribution >= 4 is 40.8 Å². The number of nitrogens with zero attached hydrogens (tertiary/aromatic N) is 3. The summed E-state index contributed by atoms with van der Waals surface area (Å²) < 4.78 is 23.2. The van der Waals surface area contributed by atoms with Crippen LogP contribution in [-0.2, 0) is 36.8 Å². The first-order chi connectivity index (χ1) is 17.4. The number of hydrogen-bond donors (Lipinski definition) is 2. The summed E-state index contributed by atoms with van der Waals surface area (Å²) in [5.74, 6) is 0.222. The van der Waals surface area contributed by atoms with E-state index in [1.54, 1.807) is 7.11 Å². The number of nitrogen functional groups attached to an aromatic ring is 1. The van der Waals surface area contributed by atoms with Crippen LogP contribution in [0.4, 0.5) is 5.82 Å². The Balaban J connectivity index is 1.53. The number of ether oxygens (including phenoxy) is 4. The Morgan fingerprint density at radius 1 is 1.03 bits per heavy atom. The molecule has 0 aliphatic heterocycles. The van der Waals surface area contributed by atoms with Gasteiger partial charge in [-0.05, 0) is 36.7 Å². The molecule has 1 aromatic carbocycles. The topological polar surface area (TPSA) is 144 Å². The molecule has 3 N–H and O–H groups in total. The maximum absolute atomic E-state index is 12.1. The van der Waals surface area contributed by atoms with Crippen LogP contribution in [0, 0.1) is 4.77 Å². The number of Topliss-reactive ketones (excluding diaryl/α,β-unsaturated/α-hetero) is 2. The lowest BCUT2D eigenvalue weighted by molar-refractivity contribution is -0.126. The third-order valence-corrected chi connectivity index (χ3v) is 5.47. The number of hydrogen-bond acceptors (Lipinski definition) is 10. The Morgan fingerprint density at radius 2 is 1.72 bits per heavy atom. The smallest absolute Gasteiger partial charge is 0.320 e. The quantitative estimate of drug-likeness (QED) is 0.214. The van der Waals surface area contributed by atoms with Crippen molar-refractivity contribution in [2.45, 2.75) is 26.3 Å². The number of fused-ring (bicyclic) bond motifs is 1. The summed E-state index contributed by atoms with van der Waals surface area (Å²) in [6.45, 7) is 3.30. The van der Waals surface area contributed by atoms with Crippen LogP contribution in [0.1, 0.15) is 24.5 Å². The highest BCUT2D eigenvalue weighted by Gasteiger charge is 2.14. The number of carbonyl (C=O) groups excluding carboxylic acids is 2. The number of carbonyl (C=O) groups is 2. The summed E-state index contributed by atoms with van der Waals surface area (Å²) in [5.41, 5.74) is 9.23. The first-order valence-electron chi connectivity index (χ1n) is 11.5. The standard InChI is InChI=1S/C24H31N5O6S/c1-16(30)14-33-10-11-34-15-19(31)8-7-17-3-5-18(6-4-17)13-29-22-20(26-24(29)36)21(25)27-23(28-22)35-12-9-32-2/h3-6H,7-15H2,1-2H3,(H,26,36)(H2,25,27,28). The molecule has 11 nitrogen and oxygen atoms in total. The third-order valence-electron chi connectivity index (χ3n) is 5.15. The van der Waals surface area contributed by atoms with Crippen LogP contribution in [0.15, 0.2) is 24.3 Å². The number of nitrogens with two attached hydrogens (primary N) is 1. The number of rotatable bonds is 16. The van der Waals surface area contributed by atoms with Gasteiger partial charge >= 0.3 is 6.01 Å². The maximum Gasteiger partial charge on any atom is 0.320 e. The van der Waals surface area contributed by atoms with Crippen LogP contribution in [0.2, 0.25) is 0 Å². The molecule has 0 saturated heterocycles. The van der Waals surface area contributed by atoms with E-state index in [4.69, 9.17) is 36.9 Å². The van der Waals surface area contributed by atoms with Gasteiger partial charge in [-0.25, -0.2) is 0 Å². The summed E-state index contributed by atoms with van der Waals surface area (Å²) in [6, 6.07) is 8.11. The van der Waals surface area contributed by atoms with Crippen molar-refractivity contribution in [3.8, 4) is 6.01 Å². The Kier molecular flexibility index (Phi) is 10.5. The van der Waals surface area contributed by atoms with E-state index in [-0.39, 0.29) is 49.8 Å². The number of aromatic amines is 1. The molecule has 3 aromatic rings. The van der Waals surface area contributed by atoms with Crippen LogP contribution in [-0.4, -0.2) is 77.8 Å². The number of anilines is 1. The highest BCUT2D eigenvalue weighted by Crippen LogP contribution is 2.21. The Hall–Kier alpha value is -3.19. The number of ketones is 2. The lowest BCUT2D eigenvalue weighted by atomic mass is 10.1. The van der Waals surface area contributed by atoms with Crippen molar-refractivity contribution < 1.29 is 28.5 Å². The minimum absolute atomic E-state index is 0.0107. The predicted molar refractivity (Wildman–Crippen MR) is 136 cm³/mol. The van der Waals surface area contributed by atoms with Crippen molar-refractivity contribution in [2.24, 2.45) is 0 Å². The number of benzene rings is 1. The molecule has 0 saturated carbocycles. The van der Waals surface area contributed by atoms with Crippen molar-refractivity contribution in [3.05, 3.63) is 40.2 Å². The van der Waals surface area contributed by atoms with Crippen LogP contribution in [0.5, 0.6) is 6.01 Å². The van der Waals surface area contributed by atoms with Crippen LogP contribution in [0.3, 0.4) is 0 Å². The molecule has 2 heterocycles. The van der Waals surface area contributed by atoms with Crippen LogP contribution < -0.4 is 10.5 Å². The summed E-state index contributed by atoms with van der Waals surface area (Å²) >= 11 is 5.48. The molecule has 12 heteroatoms. The summed E-state index contributed by atoms with van der Waals surface area (Å²) in [4.78, 5) is 34.5. The Morgan fingerprint density at radius 3 is 2.42 bits per heavy atom. The molecule has 2 aromatic heterocycles. The van der Waals surface area contributed by atoms with E-state index < -0.39 is 0 Å². The van der Waals surface area contributed by atoms with Crippen molar-refractivity contribution in [3.63, 3.8) is 0 Å². The molecule has 0 aliphatic rings. The Bertz CT molecular complexity index is 1220. The predicted octanol–water partition coefficient (Wildman–Crippen LogP) is 2.27. The van der Waals surface area contributed by atoms with Crippen molar-refractivity contribution in [1.82, 2.24) is 19.5 Å². The van der Waals surface area contributed by atoms with E-state index >= 15 is 0 Å². The van der Waals surface area contributed by atoms with Gasteiger partial charge in [-0.1, -0.05) is 24.3 Å². The second-order valence-corrected chi connectivity index (χ2v) is 8.50. The fourth-order valence-corrected chi connectivity index (χ4v) is 3.58. The van der Waals surface area contributed by atoms with E-state index in [1.807, 2.05) is 28.8 Å². The molecule has 0 atom stereocenters. The minimum atomic E-state index is -0.0437. The highest BCUT2D eigenvalue weighted by atomic mass is 32.1. The number of methoxy groups -OCH3 is 1.